The average molecular weight is 213 g/mol. The highest BCUT2D eigenvalue weighted by Gasteiger charge is 2.32. The van der Waals surface area contributed by atoms with Gasteiger partial charge in [0.1, 0.15) is 6.61 Å². The molecule has 4 nitrogen and oxygen atoms in total. The standard InChI is InChI=1S/C9H15N3OS/c1-9(3-2-4-9)6-12-7(5-13)10-11-8(12)14/h13H,2-6H2,1H3,(H,11,14). The molecule has 14 heavy (non-hydrogen) atoms. The summed E-state index contributed by atoms with van der Waals surface area (Å²) in [7, 11) is 0. The second kappa shape index (κ2) is 3.47. The smallest absolute Gasteiger partial charge is 0.195 e. The molecule has 1 saturated carbocycles. The molecule has 2 N–H and O–H groups in total. The van der Waals surface area contributed by atoms with Crippen molar-refractivity contribution in [1.29, 1.82) is 0 Å². The van der Waals surface area contributed by atoms with Crippen LogP contribution in [0.3, 0.4) is 0 Å². The van der Waals surface area contributed by atoms with Crippen molar-refractivity contribution in [2.45, 2.75) is 39.3 Å². The van der Waals surface area contributed by atoms with Crippen LogP contribution in [-0.2, 0) is 13.2 Å². The highest BCUT2D eigenvalue weighted by Crippen LogP contribution is 2.41. The normalized spacial score (nSPS) is 19.3. The maximum atomic E-state index is 9.07. The van der Waals surface area contributed by atoms with Crippen LogP contribution in [0.5, 0.6) is 0 Å². The second-order valence-corrected chi connectivity index (χ2v) is 4.74. The van der Waals surface area contributed by atoms with Crippen LogP contribution in [0.1, 0.15) is 32.0 Å². The lowest BCUT2D eigenvalue weighted by Gasteiger charge is -2.38. The summed E-state index contributed by atoms with van der Waals surface area (Å²) in [6, 6.07) is 0. The number of hydrogen-bond acceptors (Lipinski definition) is 3. The summed E-state index contributed by atoms with van der Waals surface area (Å²) in [6.07, 6.45) is 3.78. The molecule has 0 radical (unpaired) electrons. The highest BCUT2D eigenvalue weighted by molar-refractivity contribution is 7.71. The molecule has 0 amide bonds. The van der Waals surface area contributed by atoms with Crippen LogP contribution in [0.15, 0.2) is 0 Å². The van der Waals surface area contributed by atoms with Crippen molar-refractivity contribution < 1.29 is 5.11 Å². The van der Waals surface area contributed by atoms with Gasteiger partial charge in [-0.25, -0.2) is 0 Å². The van der Waals surface area contributed by atoms with Crippen molar-refractivity contribution in [2.24, 2.45) is 5.41 Å². The monoisotopic (exact) mass is 213 g/mol. The third-order valence-electron chi connectivity index (χ3n) is 3.08. The molecule has 78 valence electrons. The molecule has 1 heterocycles. The van der Waals surface area contributed by atoms with Gasteiger partial charge in [0.2, 0.25) is 0 Å². The first kappa shape index (κ1) is 9.86. The van der Waals surface area contributed by atoms with E-state index >= 15 is 0 Å². The number of aromatic amines is 1. The minimum absolute atomic E-state index is 0.0524. The number of hydrogen-bond donors (Lipinski definition) is 2. The molecule has 0 bridgehead atoms. The van der Waals surface area contributed by atoms with E-state index < -0.39 is 0 Å². The first-order chi connectivity index (χ1) is 6.64. The van der Waals surface area contributed by atoms with E-state index in [0.717, 1.165) is 6.54 Å². The summed E-state index contributed by atoms with van der Waals surface area (Å²) in [5, 5.41) is 15.8. The molecule has 1 fully saturated rings. The summed E-state index contributed by atoms with van der Waals surface area (Å²) in [5.41, 5.74) is 0.353. The molecule has 0 unspecified atom stereocenters. The number of H-pyrrole nitrogens is 1. The Morgan fingerprint density at radius 2 is 2.36 bits per heavy atom. The Morgan fingerprint density at radius 1 is 1.64 bits per heavy atom. The van der Waals surface area contributed by atoms with Gasteiger partial charge >= 0.3 is 0 Å². The highest BCUT2D eigenvalue weighted by atomic mass is 32.1. The van der Waals surface area contributed by atoms with Crippen molar-refractivity contribution in [3.63, 3.8) is 0 Å². The molecule has 1 aromatic heterocycles. The Hall–Kier alpha value is -0.680. The quantitative estimate of drug-likeness (QED) is 0.750. The van der Waals surface area contributed by atoms with Crippen LogP contribution in [-0.4, -0.2) is 19.9 Å². The van der Waals surface area contributed by atoms with E-state index in [4.69, 9.17) is 17.3 Å². The number of aliphatic hydroxyl groups is 1. The summed E-state index contributed by atoms with van der Waals surface area (Å²) in [5.74, 6) is 0.642. The molecule has 0 atom stereocenters. The lowest BCUT2D eigenvalue weighted by molar-refractivity contribution is 0.126. The zero-order valence-electron chi connectivity index (χ0n) is 8.29. The number of aliphatic hydroxyl groups excluding tert-OH is 1. The van der Waals surface area contributed by atoms with Crippen molar-refractivity contribution in [1.82, 2.24) is 14.8 Å². The van der Waals surface area contributed by atoms with Gasteiger partial charge in [-0.3, -0.25) is 5.10 Å². The van der Waals surface area contributed by atoms with Gasteiger partial charge in [0.25, 0.3) is 0 Å². The van der Waals surface area contributed by atoms with Crippen LogP contribution in [0.4, 0.5) is 0 Å². The van der Waals surface area contributed by atoms with Crippen LogP contribution >= 0.6 is 12.2 Å². The van der Waals surface area contributed by atoms with E-state index in [1.165, 1.54) is 19.3 Å². The zero-order chi connectivity index (χ0) is 10.2. The number of aromatic nitrogens is 3. The van der Waals surface area contributed by atoms with E-state index in [1.54, 1.807) is 0 Å². The fourth-order valence-electron chi connectivity index (χ4n) is 1.95. The Kier molecular flexibility index (Phi) is 2.45. The van der Waals surface area contributed by atoms with Crippen molar-refractivity contribution in [3.8, 4) is 0 Å². The van der Waals surface area contributed by atoms with Gasteiger partial charge < -0.3 is 9.67 Å². The molecule has 1 aliphatic rings. The Labute approximate surface area is 88.0 Å². The largest absolute Gasteiger partial charge is 0.388 e. The van der Waals surface area contributed by atoms with Crippen LogP contribution in [0.25, 0.3) is 0 Å². The minimum Gasteiger partial charge on any atom is -0.388 e. The van der Waals surface area contributed by atoms with Crippen molar-refractivity contribution >= 4 is 12.2 Å². The molecule has 5 heteroatoms. The van der Waals surface area contributed by atoms with Gasteiger partial charge in [-0.15, -0.1) is 0 Å². The fourth-order valence-corrected chi connectivity index (χ4v) is 2.17. The maximum absolute atomic E-state index is 9.07. The molecule has 1 aliphatic carbocycles. The van der Waals surface area contributed by atoms with Gasteiger partial charge in [0, 0.05) is 6.54 Å². The molecule has 0 aliphatic heterocycles. The molecular formula is C9H15N3OS. The van der Waals surface area contributed by atoms with Crippen LogP contribution in [0, 0.1) is 10.2 Å². The Balaban J connectivity index is 2.22. The lowest BCUT2D eigenvalue weighted by atomic mass is 9.70. The summed E-state index contributed by atoms with van der Waals surface area (Å²) >= 11 is 5.11. The van der Waals surface area contributed by atoms with Gasteiger partial charge in [-0.1, -0.05) is 13.3 Å². The average Bonchev–Trinajstić information content (AvgIpc) is 2.45. The number of rotatable bonds is 3. The van der Waals surface area contributed by atoms with Crippen molar-refractivity contribution in [2.75, 3.05) is 0 Å². The van der Waals surface area contributed by atoms with Gasteiger partial charge in [0.05, 0.1) is 0 Å². The zero-order valence-corrected chi connectivity index (χ0v) is 9.10. The molecule has 0 aromatic carbocycles. The Bertz CT molecular complexity index is 378. The molecular weight excluding hydrogens is 198 g/mol. The summed E-state index contributed by atoms with van der Waals surface area (Å²) < 4.78 is 2.52. The first-order valence-corrected chi connectivity index (χ1v) is 5.30. The number of nitrogens with one attached hydrogen (secondary N) is 1. The molecule has 2 rings (SSSR count). The SMILES string of the molecule is CC1(Cn2c(CO)n[nH]c2=S)CCC1. The van der Waals surface area contributed by atoms with Gasteiger partial charge in [-0.2, -0.15) is 5.10 Å². The van der Waals surface area contributed by atoms with Gasteiger partial charge in [-0.05, 0) is 30.5 Å². The van der Waals surface area contributed by atoms with Crippen LogP contribution in [0.2, 0.25) is 0 Å². The summed E-state index contributed by atoms with van der Waals surface area (Å²) in [4.78, 5) is 0. The molecule has 0 spiro atoms. The topological polar surface area (TPSA) is 53.8 Å². The van der Waals surface area contributed by atoms with E-state index in [-0.39, 0.29) is 6.61 Å². The Morgan fingerprint density at radius 3 is 2.86 bits per heavy atom. The van der Waals surface area contributed by atoms with E-state index in [1.807, 2.05) is 4.57 Å². The predicted molar refractivity (Wildman–Crippen MR) is 55.3 cm³/mol. The van der Waals surface area contributed by atoms with E-state index in [9.17, 15) is 0 Å². The maximum Gasteiger partial charge on any atom is 0.195 e. The van der Waals surface area contributed by atoms with Gasteiger partial charge in [0.15, 0.2) is 10.6 Å². The van der Waals surface area contributed by atoms with E-state index in [0.29, 0.717) is 16.0 Å². The fraction of sp³-hybridized carbons (Fsp3) is 0.778. The first-order valence-electron chi connectivity index (χ1n) is 4.90. The summed E-state index contributed by atoms with van der Waals surface area (Å²) in [6.45, 7) is 3.08. The minimum atomic E-state index is -0.0524. The third kappa shape index (κ3) is 1.62. The third-order valence-corrected chi connectivity index (χ3v) is 3.39. The molecule has 1 aromatic rings. The second-order valence-electron chi connectivity index (χ2n) is 4.35. The number of nitrogens with zero attached hydrogens (tertiary/aromatic N) is 2. The molecule has 0 saturated heterocycles. The lowest BCUT2D eigenvalue weighted by Crippen LogP contribution is -2.31. The van der Waals surface area contributed by atoms with Crippen LogP contribution < -0.4 is 0 Å². The van der Waals surface area contributed by atoms with Crippen molar-refractivity contribution in [3.05, 3.63) is 10.6 Å². The van der Waals surface area contributed by atoms with E-state index in [2.05, 4.69) is 17.1 Å². The predicted octanol–water partition coefficient (Wildman–Crippen LogP) is 1.62.